The van der Waals surface area contributed by atoms with E-state index in [-0.39, 0.29) is 5.91 Å². The van der Waals surface area contributed by atoms with Crippen molar-refractivity contribution in [2.24, 2.45) is 0 Å². The maximum Gasteiger partial charge on any atom is 0.414 e. The average Bonchev–Trinajstić information content (AvgIpc) is 2.86. The van der Waals surface area contributed by atoms with Gasteiger partial charge in [0, 0.05) is 50.7 Å². The Bertz CT molecular complexity index is 1050. The second-order valence-corrected chi connectivity index (χ2v) is 7.48. The average molecular weight is 447 g/mol. The fourth-order valence-electron chi connectivity index (χ4n) is 3.48. The number of carboxylic acid groups (broad SMARTS) is 2. The minimum absolute atomic E-state index is 0.121. The molecule has 1 aliphatic rings. The Balaban J connectivity index is 0.000000454. The molecule has 2 aromatic carbocycles. The van der Waals surface area contributed by atoms with Gasteiger partial charge in [0.25, 0.3) is 5.91 Å². The monoisotopic (exact) mass is 447 g/mol. The van der Waals surface area contributed by atoms with Gasteiger partial charge in [0.15, 0.2) is 0 Å². The molecule has 0 unspecified atom stereocenters. The van der Waals surface area contributed by atoms with Gasteiger partial charge in [0.1, 0.15) is 0 Å². The van der Waals surface area contributed by atoms with Crippen molar-refractivity contribution >= 4 is 17.8 Å². The molecule has 1 aromatic heterocycles. The first-order chi connectivity index (χ1) is 15.9. The number of aliphatic carboxylic acids is 2. The molecule has 0 spiro atoms. The van der Waals surface area contributed by atoms with Crippen LogP contribution in [0.1, 0.15) is 15.9 Å². The Morgan fingerprint density at radius 3 is 1.91 bits per heavy atom. The number of amides is 1. The zero-order chi connectivity index (χ0) is 23.6. The van der Waals surface area contributed by atoms with Crippen molar-refractivity contribution in [3.05, 3.63) is 90.3 Å². The van der Waals surface area contributed by atoms with Gasteiger partial charge in [-0.25, -0.2) is 9.59 Å². The maximum absolute atomic E-state index is 12.8. The minimum atomic E-state index is -1.82. The number of rotatable bonds is 4. The van der Waals surface area contributed by atoms with E-state index >= 15 is 0 Å². The number of benzene rings is 2. The van der Waals surface area contributed by atoms with Crippen LogP contribution in [0.2, 0.25) is 0 Å². The molecule has 170 valence electrons. The van der Waals surface area contributed by atoms with Crippen molar-refractivity contribution in [3.8, 4) is 11.1 Å². The molecule has 4 rings (SSSR count). The second-order valence-electron chi connectivity index (χ2n) is 7.48. The summed E-state index contributed by atoms with van der Waals surface area (Å²) >= 11 is 0. The van der Waals surface area contributed by atoms with Gasteiger partial charge in [-0.1, -0.05) is 48.5 Å². The summed E-state index contributed by atoms with van der Waals surface area (Å²) in [6.07, 6.45) is 3.70. The summed E-state index contributed by atoms with van der Waals surface area (Å²) in [5.74, 6) is -3.53. The molecule has 33 heavy (non-hydrogen) atoms. The first kappa shape index (κ1) is 23.6. The third kappa shape index (κ3) is 6.98. The molecule has 0 radical (unpaired) electrons. The van der Waals surface area contributed by atoms with Gasteiger partial charge in [0.05, 0.1) is 0 Å². The Morgan fingerprint density at radius 1 is 0.758 bits per heavy atom. The highest BCUT2D eigenvalue weighted by Crippen LogP contribution is 2.20. The van der Waals surface area contributed by atoms with Gasteiger partial charge in [-0.2, -0.15) is 0 Å². The van der Waals surface area contributed by atoms with Crippen molar-refractivity contribution in [2.75, 3.05) is 26.2 Å². The van der Waals surface area contributed by atoms with E-state index in [0.29, 0.717) is 0 Å². The van der Waals surface area contributed by atoms with Crippen molar-refractivity contribution < 1.29 is 24.6 Å². The number of aromatic nitrogens is 1. The second kappa shape index (κ2) is 11.5. The van der Waals surface area contributed by atoms with Crippen molar-refractivity contribution in [2.45, 2.75) is 6.54 Å². The molecule has 0 atom stereocenters. The molecule has 1 aliphatic heterocycles. The molecule has 1 amide bonds. The third-order valence-electron chi connectivity index (χ3n) is 5.21. The SMILES string of the molecule is O=C(O)C(=O)O.O=C(c1ccc(-c2ccccc2)cc1)N1CCN(Cc2cccnc2)CC1. The molecule has 0 aliphatic carbocycles. The zero-order valence-corrected chi connectivity index (χ0v) is 18.0. The number of carboxylic acids is 2. The summed E-state index contributed by atoms with van der Waals surface area (Å²) in [6, 6.07) is 22.2. The summed E-state index contributed by atoms with van der Waals surface area (Å²) < 4.78 is 0. The molecule has 8 nitrogen and oxygen atoms in total. The largest absolute Gasteiger partial charge is 0.473 e. The van der Waals surface area contributed by atoms with E-state index in [1.807, 2.05) is 59.6 Å². The van der Waals surface area contributed by atoms with Crippen molar-refractivity contribution in [1.82, 2.24) is 14.8 Å². The molecule has 1 saturated heterocycles. The third-order valence-corrected chi connectivity index (χ3v) is 5.21. The molecule has 2 N–H and O–H groups in total. The van der Waals surface area contributed by atoms with Crippen molar-refractivity contribution in [3.63, 3.8) is 0 Å². The number of piperazine rings is 1. The van der Waals surface area contributed by atoms with Crippen LogP contribution in [0.3, 0.4) is 0 Å². The quantitative estimate of drug-likeness (QED) is 0.592. The Morgan fingerprint density at radius 2 is 1.36 bits per heavy atom. The van der Waals surface area contributed by atoms with E-state index in [9.17, 15) is 4.79 Å². The number of hydrogen-bond donors (Lipinski definition) is 2. The van der Waals surface area contributed by atoms with E-state index < -0.39 is 11.9 Å². The summed E-state index contributed by atoms with van der Waals surface area (Å²) in [5, 5.41) is 14.8. The molecule has 0 saturated carbocycles. The minimum Gasteiger partial charge on any atom is -0.473 e. The van der Waals surface area contributed by atoms with Gasteiger partial charge in [-0.3, -0.25) is 14.7 Å². The number of hydrogen-bond acceptors (Lipinski definition) is 5. The van der Waals surface area contributed by atoms with Crippen LogP contribution in [-0.2, 0) is 16.1 Å². The van der Waals surface area contributed by atoms with Gasteiger partial charge in [0.2, 0.25) is 0 Å². The molecular weight excluding hydrogens is 422 g/mol. The van der Waals surface area contributed by atoms with Crippen LogP contribution >= 0.6 is 0 Å². The van der Waals surface area contributed by atoms with Gasteiger partial charge in [-0.05, 0) is 34.9 Å². The highest BCUT2D eigenvalue weighted by atomic mass is 16.4. The summed E-state index contributed by atoms with van der Waals surface area (Å²) in [6.45, 7) is 4.20. The summed E-state index contributed by atoms with van der Waals surface area (Å²) in [4.78, 5) is 39.5. The predicted octanol–water partition coefficient (Wildman–Crippen LogP) is 2.86. The van der Waals surface area contributed by atoms with Crippen LogP contribution in [0, 0.1) is 0 Å². The first-order valence-corrected chi connectivity index (χ1v) is 10.5. The van der Waals surface area contributed by atoms with E-state index in [1.54, 1.807) is 6.20 Å². The smallest absolute Gasteiger partial charge is 0.414 e. The Labute approximate surface area is 191 Å². The lowest BCUT2D eigenvalue weighted by atomic mass is 10.0. The van der Waals surface area contributed by atoms with Gasteiger partial charge >= 0.3 is 11.9 Å². The van der Waals surface area contributed by atoms with E-state index in [0.717, 1.165) is 43.9 Å². The Hall–Kier alpha value is -4.04. The van der Waals surface area contributed by atoms with Gasteiger partial charge < -0.3 is 15.1 Å². The van der Waals surface area contributed by atoms with E-state index in [4.69, 9.17) is 19.8 Å². The predicted molar refractivity (Wildman–Crippen MR) is 123 cm³/mol. The number of carbonyl (C=O) groups excluding carboxylic acids is 1. The molecule has 0 bridgehead atoms. The fraction of sp³-hybridized carbons (Fsp3) is 0.200. The normalized spacial score (nSPS) is 13.5. The lowest BCUT2D eigenvalue weighted by molar-refractivity contribution is -0.159. The number of nitrogens with zero attached hydrogens (tertiary/aromatic N) is 3. The zero-order valence-electron chi connectivity index (χ0n) is 18.0. The van der Waals surface area contributed by atoms with E-state index in [2.05, 4.69) is 28.1 Å². The van der Waals surface area contributed by atoms with E-state index in [1.165, 1.54) is 11.1 Å². The highest BCUT2D eigenvalue weighted by molar-refractivity contribution is 6.27. The first-order valence-electron chi connectivity index (χ1n) is 10.5. The number of carbonyl (C=O) groups is 3. The summed E-state index contributed by atoms with van der Waals surface area (Å²) in [7, 11) is 0. The number of pyridine rings is 1. The highest BCUT2D eigenvalue weighted by Gasteiger charge is 2.22. The molecule has 8 heteroatoms. The van der Waals surface area contributed by atoms with Crippen molar-refractivity contribution in [1.29, 1.82) is 0 Å². The van der Waals surface area contributed by atoms with Gasteiger partial charge in [-0.15, -0.1) is 0 Å². The molecule has 2 heterocycles. The van der Waals surface area contributed by atoms with Crippen LogP contribution in [0.4, 0.5) is 0 Å². The summed E-state index contributed by atoms with van der Waals surface area (Å²) in [5.41, 5.74) is 4.28. The molecule has 1 fully saturated rings. The Kier molecular flexibility index (Phi) is 8.26. The maximum atomic E-state index is 12.8. The molecular formula is C25H25N3O5. The van der Waals surface area contributed by atoms with Crippen LogP contribution < -0.4 is 0 Å². The lowest BCUT2D eigenvalue weighted by Crippen LogP contribution is -2.48. The van der Waals surface area contributed by atoms with Crippen LogP contribution in [0.5, 0.6) is 0 Å². The molecule has 3 aromatic rings. The topological polar surface area (TPSA) is 111 Å². The lowest BCUT2D eigenvalue weighted by Gasteiger charge is -2.34. The standard InChI is InChI=1S/C23H23N3O.C2H2O4/c27-23(22-10-8-21(9-11-22)20-6-2-1-3-7-20)26-15-13-25(14-16-26)18-19-5-4-12-24-17-19;3-1(4)2(5)6/h1-12,17H,13-16,18H2;(H,3,4)(H,5,6). The fourth-order valence-corrected chi connectivity index (χ4v) is 3.48. The van der Waals surface area contributed by atoms with Crippen LogP contribution in [-0.4, -0.2) is 69.0 Å². The van der Waals surface area contributed by atoms with Crippen LogP contribution in [0.25, 0.3) is 11.1 Å². The van der Waals surface area contributed by atoms with Crippen LogP contribution in [0.15, 0.2) is 79.1 Å².